The molecule has 4 heteroatoms. The smallest absolute Gasteiger partial charge is 0.0773 e. The van der Waals surface area contributed by atoms with E-state index in [4.69, 9.17) is 5.10 Å². The Kier molecular flexibility index (Phi) is 4.59. The third-order valence-electron chi connectivity index (χ3n) is 4.81. The summed E-state index contributed by atoms with van der Waals surface area (Å²) in [6.45, 7) is 0. The van der Waals surface area contributed by atoms with Crippen LogP contribution in [-0.4, -0.2) is 5.71 Å². The van der Waals surface area contributed by atoms with E-state index in [1.54, 1.807) is 0 Å². The lowest BCUT2D eigenvalue weighted by Gasteiger charge is -2.26. The number of halogens is 2. The minimum atomic E-state index is 0.293. The van der Waals surface area contributed by atoms with Crippen molar-refractivity contribution in [1.82, 2.24) is 5.43 Å². The van der Waals surface area contributed by atoms with Crippen molar-refractivity contribution in [1.29, 1.82) is 0 Å². The first-order valence-electron chi connectivity index (χ1n) is 8.26. The van der Waals surface area contributed by atoms with Gasteiger partial charge in [-0.1, -0.05) is 56.1 Å². The van der Waals surface area contributed by atoms with Gasteiger partial charge in [0.15, 0.2) is 0 Å². The van der Waals surface area contributed by atoms with E-state index in [0.717, 1.165) is 15.4 Å². The minimum Gasteiger partial charge on any atom is -0.302 e. The molecule has 1 aliphatic heterocycles. The molecule has 2 aromatic carbocycles. The van der Waals surface area contributed by atoms with Gasteiger partial charge >= 0.3 is 0 Å². The van der Waals surface area contributed by atoms with Gasteiger partial charge in [-0.05, 0) is 66.3 Å². The Labute approximate surface area is 159 Å². The molecular weight excluding hydrogens is 428 g/mol. The van der Waals surface area contributed by atoms with Gasteiger partial charge in [-0.15, -0.1) is 0 Å². The molecule has 1 aliphatic carbocycles. The second kappa shape index (κ2) is 6.85. The summed E-state index contributed by atoms with van der Waals surface area (Å²) in [5.41, 5.74) is 8.56. The Bertz CT molecular complexity index is 791. The molecule has 2 aromatic rings. The summed E-state index contributed by atoms with van der Waals surface area (Å²) in [5.74, 6) is 0.474. The highest BCUT2D eigenvalue weighted by atomic mass is 79.9. The maximum atomic E-state index is 4.71. The first kappa shape index (κ1) is 16.1. The average molecular weight is 446 g/mol. The number of nitrogens with zero attached hydrogens (tertiary/aromatic N) is 1. The van der Waals surface area contributed by atoms with Crippen molar-refractivity contribution in [3.63, 3.8) is 0 Å². The lowest BCUT2D eigenvalue weighted by atomic mass is 9.78. The van der Waals surface area contributed by atoms with Crippen molar-refractivity contribution < 1.29 is 0 Å². The zero-order chi connectivity index (χ0) is 16.5. The Balaban J connectivity index is 1.60. The summed E-state index contributed by atoms with van der Waals surface area (Å²) in [7, 11) is 0. The summed E-state index contributed by atoms with van der Waals surface area (Å²) in [6, 6.07) is 17.4. The van der Waals surface area contributed by atoms with Crippen molar-refractivity contribution in [2.75, 3.05) is 0 Å². The van der Waals surface area contributed by atoms with Crippen LogP contribution in [-0.2, 0) is 0 Å². The third-order valence-corrected chi connectivity index (χ3v) is 5.87. The molecule has 0 aromatic heterocycles. The van der Waals surface area contributed by atoms with E-state index in [-0.39, 0.29) is 0 Å². The highest BCUT2D eigenvalue weighted by Crippen LogP contribution is 2.39. The fourth-order valence-electron chi connectivity index (χ4n) is 3.61. The molecule has 1 saturated carbocycles. The predicted molar refractivity (Wildman–Crippen MR) is 107 cm³/mol. The molecule has 2 unspecified atom stereocenters. The van der Waals surface area contributed by atoms with Crippen LogP contribution in [0.4, 0.5) is 0 Å². The number of rotatable bonds is 2. The topological polar surface area (TPSA) is 24.4 Å². The van der Waals surface area contributed by atoms with Gasteiger partial charge in [0.1, 0.15) is 0 Å². The second-order valence-electron chi connectivity index (χ2n) is 6.38. The van der Waals surface area contributed by atoms with E-state index in [1.807, 2.05) is 0 Å². The van der Waals surface area contributed by atoms with Crippen LogP contribution in [0.25, 0.3) is 6.08 Å². The van der Waals surface area contributed by atoms with Crippen LogP contribution >= 0.6 is 31.9 Å². The van der Waals surface area contributed by atoms with Crippen molar-refractivity contribution in [3.05, 3.63) is 74.2 Å². The SMILES string of the molecule is Brc1ccc(C=C2CCCC3C2=NNC3c2ccc(Br)cc2)cc1. The second-order valence-corrected chi connectivity index (χ2v) is 8.21. The largest absolute Gasteiger partial charge is 0.302 e. The summed E-state index contributed by atoms with van der Waals surface area (Å²) in [6.07, 6.45) is 5.83. The summed E-state index contributed by atoms with van der Waals surface area (Å²) >= 11 is 7.01. The van der Waals surface area contributed by atoms with Crippen LogP contribution in [0.3, 0.4) is 0 Å². The van der Waals surface area contributed by atoms with Crippen LogP contribution in [0.2, 0.25) is 0 Å². The third kappa shape index (κ3) is 3.22. The maximum absolute atomic E-state index is 4.71. The lowest BCUT2D eigenvalue weighted by molar-refractivity contribution is 0.451. The quantitative estimate of drug-likeness (QED) is 0.593. The molecule has 0 radical (unpaired) electrons. The molecule has 4 rings (SSSR count). The normalized spacial score (nSPS) is 24.4. The van der Waals surface area contributed by atoms with Crippen molar-refractivity contribution >= 4 is 43.6 Å². The van der Waals surface area contributed by atoms with E-state index < -0.39 is 0 Å². The van der Waals surface area contributed by atoms with E-state index in [1.165, 1.54) is 35.3 Å². The van der Waals surface area contributed by atoms with Gasteiger partial charge in [-0.25, -0.2) is 0 Å². The summed E-state index contributed by atoms with van der Waals surface area (Å²) < 4.78 is 2.23. The van der Waals surface area contributed by atoms with Crippen LogP contribution < -0.4 is 5.43 Å². The molecular formula is C20H18Br2N2. The van der Waals surface area contributed by atoms with Gasteiger partial charge in [-0.2, -0.15) is 5.10 Å². The van der Waals surface area contributed by atoms with Gasteiger partial charge in [0.2, 0.25) is 0 Å². The molecule has 1 heterocycles. The predicted octanol–water partition coefficient (Wildman–Crippen LogP) is 6.10. The molecule has 2 nitrogen and oxygen atoms in total. The monoisotopic (exact) mass is 444 g/mol. The molecule has 1 N–H and O–H groups in total. The zero-order valence-corrected chi connectivity index (χ0v) is 16.3. The standard InChI is InChI=1S/C20H18Br2N2/c21-16-8-4-13(5-9-16)12-15-2-1-3-18-19(23-24-20(15)18)14-6-10-17(22)11-7-14/h4-12,18-19,23H,1-3H2. The number of hydrogen-bond donors (Lipinski definition) is 1. The molecule has 122 valence electrons. The summed E-state index contributed by atoms with van der Waals surface area (Å²) in [4.78, 5) is 0. The Morgan fingerprint density at radius 1 is 0.958 bits per heavy atom. The molecule has 24 heavy (non-hydrogen) atoms. The van der Waals surface area contributed by atoms with Crippen molar-refractivity contribution in [3.8, 4) is 0 Å². The molecule has 0 saturated heterocycles. The highest BCUT2D eigenvalue weighted by Gasteiger charge is 2.36. The van der Waals surface area contributed by atoms with Crippen LogP contribution in [0.15, 0.2) is 68.2 Å². The number of hydrazone groups is 1. The van der Waals surface area contributed by atoms with Crippen molar-refractivity contribution in [2.24, 2.45) is 11.0 Å². The number of allylic oxidation sites excluding steroid dienone is 1. The van der Waals surface area contributed by atoms with Crippen LogP contribution in [0.1, 0.15) is 36.4 Å². The number of fused-ring (bicyclic) bond motifs is 1. The minimum absolute atomic E-state index is 0.293. The highest BCUT2D eigenvalue weighted by molar-refractivity contribution is 9.10. The van der Waals surface area contributed by atoms with E-state index in [9.17, 15) is 0 Å². The van der Waals surface area contributed by atoms with E-state index in [2.05, 4.69) is 91.9 Å². The van der Waals surface area contributed by atoms with Gasteiger partial charge in [0.25, 0.3) is 0 Å². The van der Waals surface area contributed by atoms with Crippen LogP contribution in [0.5, 0.6) is 0 Å². The lowest BCUT2D eigenvalue weighted by Crippen LogP contribution is -2.25. The summed E-state index contributed by atoms with van der Waals surface area (Å²) in [5, 5.41) is 4.71. The number of nitrogens with one attached hydrogen (secondary N) is 1. The van der Waals surface area contributed by atoms with Gasteiger partial charge in [0.05, 0.1) is 11.8 Å². The van der Waals surface area contributed by atoms with Gasteiger partial charge in [0, 0.05) is 14.9 Å². The molecule has 2 aliphatic rings. The van der Waals surface area contributed by atoms with Gasteiger partial charge in [-0.3, -0.25) is 0 Å². The molecule has 2 atom stereocenters. The first-order chi connectivity index (χ1) is 11.7. The van der Waals surface area contributed by atoms with Crippen molar-refractivity contribution in [2.45, 2.75) is 25.3 Å². The fraction of sp³-hybridized carbons (Fsp3) is 0.250. The maximum Gasteiger partial charge on any atom is 0.0773 e. The first-order valence-corrected chi connectivity index (χ1v) is 9.84. The van der Waals surface area contributed by atoms with Gasteiger partial charge < -0.3 is 5.43 Å². The Hall–Kier alpha value is -1.39. The van der Waals surface area contributed by atoms with Crippen LogP contribution in [0, 0.1) is 5.92 Å². The molecule has 0 amide bonds. The Morgan fingerprint density at radius 3 is 2.33 bits per heavy atom. The molecule has 0 bridgehead atoms. The Morgan fingerprint density at radius 2 is 1.62 bits per heavy atom. The number of benzene rings is 2. The van der Waals surface area contributed by atoms with E-state index in [0.29, 0.717) is 12.0 Å². The fourth-order valence-corrected chi connectivity index (χ4v) is 4.14. The molecule has 1 fully saturated rings. The number of hydrogen-bond acceptors (Lipinski definition) is 2. The zero-order valence-electron chi connectivity index (χ0n) is 13.2. The molecule has 0 spiro atoms. The average Bonchev–Trinajstić information content (AvgIpc) is 3.03. The van der Waals surface area contributed by atoms with E-state index >= 15 is 0 Å².